The Morgan fingerprint density at radius 2 is 0.505 bits per heavy atom. The molecule has 0 saturated heterocycles. The van der Waals surface area contributed by atoms with Crippen LogP contribution in [0.4, 0.5) is 0 Å². The Bertz CT molecular complexity index is 1770. The zero-order chi connectivity index (χ0) is 67.2. The molecule has 0 aromatic rings. The van der Waals surface area contributed by atoms with Crippen molar-refractivity contribution in [3.05, 3.63) is 0 Å². The van der Waals surface area contributed by atoms with Gasteiger partial charge in [0.25, 0.3) is 0 Å². The van der Waals surface area contributed by atoms with Gasteiger partial charge < -0.3 is 33.8 Å². The predicted octanol–water partition coefficient (Wildman–Crippen LogP) is 20.8. The van der Waals surface area contributed by atoms with Crippen LogP contribution < -0.4 is 0 Å². The lowest BCUT2D eigenvalue weighted by molar-refractivity contribution is -0.161. The molecule has 0 heterocycles. The average molecular weight is 1340 g/mol. The Balaban J connectivity index is 5.24. The molecule has 0 aliphatic heterocycles. The minimum atomic E-state index is -4.95. The van der Waals surface area contributed by atoms with Crippen molar-refractivity contribution < 1.29 is 80.2 Å². The fraction of sp³-hybridized carbons (Fsp3) is 0.944. The van der Waals surface area contributed by atoms with Crippen molar-refractivity contribution in [3.63, 3.8) is 0 Å². The number of unbranched alkanes of at least 4 members (excludes halogenated alkanes) is 41. The third-order valence-corrected chi connectivity index (χ3v) is 18.6. The van der Waals surface area contributed by atoms with Crippen LogP contribution in [0.3, 0.4) is 0 Å². The second-order valence-corrected chi connectivity index (χ2v) is 29.8. The maximum absolute atomic E-state index is 13.0. The summed E-state index contributed by atoms with van der Waals surface area (Å²) in [5, 5.41) is 10.6. The molecule has 0 aliphatic rings. The van der Waals surface area contributed by atoms with Crippen molar-refractivity contribution in [3.8, 4) is 0 Å². The topological polar surface area (TPSA) is 237 Å². The summed E-state index contributed by atoms with van der Waals surface area (Å²) in [6, 6.07) is 0. The number of carbonyl (C=O) groups is 4. The number of ether oxygens (including phenoxy) is 4. The third-order valence-electron chi connectivity index (χ3n) is 16.7. The fourth-order valence-electron chi connectivity index (χ4n) is 10.9. The smallest absolute Gasteiger partial charge is 0.462 e. The van der Waals surface area contributed by atoms with Crippen LogP contribution in [0.25, 0.3) is 0 Å². The minimum Gasteiger partial charge on any atom is -0.462 e. The number of phosphoric ester groups is 2. The Hall–Kier alpha value is -1.94. The standard InChI is InChI=1S/C72H140O17P2/c1-7-9-11-13-15-17-19-21-22-23-24-25-27-29-38-44-50-56-71(76)88-67(60-82-69(74)54-48-42-36-28-26-20-18-16-14-12-10-8-2)62-86-90(78,79)84-58-66(73)59-85-91(80,81)87-63-68(89-72(77)57-51-45-39-33-31-35-41-47-53-65(5)6)61-83-70(75)55-49-43-37-32-30-34-40-46-52-64(3)4/h64-68,73H,7-63H2,1-6H3,(H,78,79)(H,80,81)/t66-,67-,68-/m1/s1. The Labute approximate surface area is 556 Å². The molecule has 17 nitrogen and oxygen atoms in total. The lowest BCUT2D eigenvalue weighted by atomic mass is 10.0. The summed E-state index contributed by atoms with van der Waals surface area (Å²) in [7, 11) is -9.90. The normalized spacial score (nSPS) is 14.1. The first kappa shape index (κ1) is 89.1. The summed E-state index contributed by atoms with van der Waals surface area (Å²) in [4.78, 5) is 72.6. The number of hydrogen-bond donors (Lipinski definition) is 3. The second-order valence-electron chi connectivity index (χ2n) is 26.9. The van der Waals surface area contributed by atoms with Crippen LogP contribution in [-0.2, 0) is 65.4 Å². The number of hydrogen-bond acceptors (Lipinski definition) is 15. The van der Waals surface area contributed by atoms with E-state index in [1.54, 1.807) is 0 Å². The van der Waals surface area contributed by atoms with E-state index in [-0.39, 0.29) is 25.7 Å². The quantitative estimate of drug-likeness (QED) is 0.0222. The zero-order valence-electron chi connectivity index (χ0n) is 59.1. The molecule has 0 rings (SSSR count). The molecule has 0 aliphatic carbocycles. The molecule has 540 valence electrons. The highest BCUT2D eigenvalue weighted by molar-refractivity contribution is 7.47. The van der Waals surface area contributed by atoms with E-state index in [1.807, 2.05) is 0 Å². The Morgan fingerprint density at radius 1 is 0.297 bits per heavy atom. The largest absolute Gasteiger partial charge is 0.472 e. The van der Waals surface area contributed by atoms with Crippen molar-refractivity contribution in [2.75, 3.05) is 39.6 Å². The monoisotopic (exact) mass is 1340 g/mol. The summed E-state index contributed by atoms with van der Waals surface area (Å²) < 4.78 is 68.4. The van der Waals surface area contributed by atoms with Gasteiger partial charge in [-0.3, -0.25) is 37.3 Å². The highest BCUT2D eigenvalue weighted by atomic mass is 31.2. The van der Waals surface area contributed by atoms with Crippen molar-refractivity contribution in [1.29, 1.82) is 0 Å². The summed E-state index contributed by atoms with van der Waals surface area (Å²) >= 11 is 0. The molecule has 5 atom stereocenters. The van der Waals surface area contributed by atoms with Crippen LogP contribution in [0.5, 0.6) is 0 Å². The molecule has 3 N–H and O–H groups in total. The number of aliphatic hydroxyl groups is 1. The first-order valence-electron chi connectivity index (χ1n) is 37.5. The third kappa shape index (κ3) is 66.5. The maximum atomic E-state index is 13.0. The van der Waals surface area contributed by atoms with Gasteiger partial charge in [0.15, 0.2) is 12.2 Å². The lowest BCUT2D eigenvalue weighted by Crippen LogP contribution is -2.30. The van der Waals surface area contributed by atoms with Crippen LogP contribution in [0.1, 0.15) is 369 Å². The summed E-state index contributed by atoms with van der Waals surface area (Å²) in [6.45, 7) is 9.49. The zero-order valence-corrected chi connectivity index (χ0v) is 60.9. The van der Waals surface area contributed by atoms with Gasteiger partial charge >= 0.3 is 39.5 Å². The molecular weight excluding hydrogens is 1200 g/mol. The highest BCUT2D eigenvalue weighted by Crippen LogP contribution is 2.45. The van der Waals surface area contributed by atoms with Gasteiger partial charge in [-0.15, -0.1) is 0 Å². The lowest BCUT2D eigenvalue weighted by Gasteiger charge is -2.21. The van der Waals surface area contributed by atoms with Crippen molar-refractivity contribution in [2.24, 2.45) is 11.8 Å². The number of aliphatic hydroxyl groups excluding tert-OH is 1. The molecule has 0 aromatic carbocycles. The second kappa shape index (κ2) is 64.1. The van der Waals surface area contributed by atoms with Crippen LogP contribution >= 0.6 is 15.6 Å². The molecule has 2 unspecified atom stereocenters. The fourth-order valence-corrected chi connectivity index (χ4v) is 12.5. The van der Waals surface area contributed by atoms with Crippen molar-refractivity contribution in [1.82, 2.24) is 0 Å². The van der Waals surface area contributed by atoms with E-state index >= 15 is 0 Å². The van der Waals surface area contributed by atoms with E-state index in [4.69, 9.17) is 37.0 Å². The number of esters is 4. The number of rotatable bonds is 71. The van der Waals surface area contributed by atoms with E-state index < -0.39 is 97.5 Å². The van der Waals surface area contributed by atoms with E-state index in [1.165, 1.54) is 186 Å². The number of carbonyl (C=O) groups excluding carboxylic acids is 4. The molecule has 0 spiro atoms. The Kier molecular flexibility index (Phi) is 62.7. The summed E-state index contributed by atoms with van der Waals surface area (Å²) in [5.41, 5.74) is 0. The number of phosphoric acid groups is 2. The Morgan fingerprint density at radius 3 is 0.747 bits per heavy atom. The molecular formula is C72H140O17P2. The van der Waals surface area contributed by atoms with Gasteiger partial charge in [-0.25, -0.2) is 9.13 Å². The van der Waals surface area contributed by atoms with Crippen LogP contribution in [0.2, 0.25) is 0 Å². The van der Waals surface area contributed by atoms with Gasteiger partial charge in [-0.1, -0.05) is 318 Å². The van der Waals surface area contributed by atoms with Crippen molar-refractivity contribution >= 4 is 39.5 Å². The van der Waals surface area contributed by atoms with Gasteiger partial charge in [0.1, 0.15) is 19.3 Å². The van der Waals surface area contributed by atoms with Crippen LogP contribution in [-0.4, -0.2) is 96.7 Å². The maximum Gasteiger partial charge on any atom is 0.472 e. The molecule has 91 heavy (non-hydrogen) atoms. The van der Waals surface area contributed by atoms with Gasteiger partial charge in [0.2, 0.25) is 0 Å². The van der Waals surface area contributed by atoms with Gasteiger partial charge in [0.05, 0.1) is 26.4 Å². The molecule has 0 radical (unpaired) electrons. The molecule has 19 heteroatoms. The molecule has 0 aromatic heterocycles. The van der Waals surface area contributed by atoms with Gasteiger partial charge in [-0.05, 0) is 37.5 Å². The minimum absolute atomic E-state index is 0.104. The first-order valence-corrected chi connectivity index (χ1v) is 40.5. The molecule has 0 saturated carbocycles. The highest BCUT2D eigenvalue weighted by Gasteiger charge is 2.30. The predicted molar refractivity (Wildman–Crippen MR) is 368 cm³/mol. The van der Waals surface area contributed by atoms with E-state index in [0.717, 1.165) is 102 Å². The van der Waals surface area contributed by atoms with Gasteiger partial charge in [0, 0.05) is 25.7 Å². The van der Waals surface area contributed by atoms with E-state index in [2.05, 4.69) is 41.5 Å². The SMILES string of the molecule is CCCCCCCCCCCCCCCCCCCC(=O)O[C@H](COC(=O)CCCCCCCCCCCCCC)COP(=O)(O)OC[C@@H](O)COP(=O)(O)OC[C@@H](COC(=O)CCCCCCCCCCC(C)C)OC(=O)CCCCCCCCCCC(C)C. The molecule has 0 fully saturated rings. The molecule has 0 bridgehead atoms. The average Bonchev–Trinajstić information content (AvgIpc) is 3.58. The van der Waals surface area contributed by atoms with Crippen LogP contribution in [0.15, 0.2) is 0 Å². The first-order chi connectivity index (χ1) is 43.9. The van der Waals surface area contributed by atoms with E-state index in [9.17, 15) is 43.2 Å². The summed E-state index contributed by atoms with van der Waals surface area (Å²) in [5.74, 6) is -0.678. The van der Waals surface area contributed by atoms with E-state index in [0.29, 0.717) is 25.7 Å². The van der Waals surface area contributed by atoms with Crippen molar-refractivity contribution in [2.45, 2.75) is 387 Å². The van der Waals surface area contributed by atoms with Gasteiger partial charge in [-0.2, -0.15) is 0 Å². The summed E-state index contributed by atoms with van der Waals surface area (Å²) in [6.07, 6.45) is 50.0. The van der Waals surface area contributed by atoms with Crippen LogP contribution in [0, 0.1) is 11.8 Å². The molecule has 0 amide bonds.